The van der Waals surface area contributed by atoms with Gasteiger partial charge in [-0.2, -0.15) is 0 Å². The lowest BCUT2D eigenvalue weighted by atomic mass is 10.2. The van der Waals surface area contributed by atoms with E-state index < -0.39 is 0 Å². The maximum Gasteiger partial charge on any atom is 0.236 e. The second-order valence-corrected chi connectivity index (χ2v) is 4.90. The molecule has 1 atom stereocenters. The number of nitrogens with one attached hydrogen (secondary N) is 2. The molecular formula is C13H26N2O2. The molecule has 1 amide bonds. The van der Waals surface area contributed by atoms with E-state index >= 15 is 0 Å². The number of carbonyl (C=O) groups excluding carboxylic acids is 1. The molecule has 0 aromatic rings. The van der Waals surface area contributed by atoms with Crippen molar-refractivity contribution in [3.63, 3.8) is 0 Å². The predicted molar refractivity (Wildman–Crippen MR) is 68.9 cm³/mol. The van der Waals surface area contributed by atoms with Crippen LogP contribution in [-0.2, 0) is 9.53 Å². The van der Waals surface area contributed by atoms with E-state index in [0.29, 0.717) is 13.2 Å². The van der Waals surface area contributed by atoms with Gasteiger partial charge >= 0.3 is 0 Å². The van der Waals surface area contributed by atoms with Gasteiger partial charge in [0.05, 0.1) is 6.04 Å². The van der Waals surface area contributed by atoms with Crippen molar-refractivity contribution in [3.05, 3.63) is 0 Å². The lowest BCUT2D eigenvalue weighted by molar-refractivity contribution is -0.122. The summed E-state index contributed by atoms with van der Waals surface area (Å²) in [5.74, 6) is 1.07. The Kier molecular flexibility index (Phi) is 7.21. The topological polar surface area (TPSA) is 50.4 Å². The van der Waals surface area contributed by atoms with E-state index in [1.165, 1.54) is 25.7 Å². The summed E-state index contributed by atoms with van der Waals surface area (Å²) in [6.45, 7) is 4.26. The van der Waals surface area contributed by atoms with Gasteiger partial charge in [-0.1, -0.05) is 12.8 Å². The summed E-state index contributed by atoms with van der Waals surface area (Å²) in [6.07, 6.45) is 6.20. The normalized spacial score (nSPS) is 16.8. The van der Waals surface area contributed by atoms with Crippen molar-refractivity contribution in [2.24, 2.45) is 5.92 Å². The number of methoxy groups -OCH3 is 1. The van der Waals surface area contributed by atoms with E-state index in [9.17, 15) is 4.79 Å². The van der Waals surface area contributed by atoms with Crippen molar-refractivity contribution in [1.29, 1.82) is 0 Å². The first-order valence-corrected chi connectivity index (χ1v) is 6.74. The summed E-state index contributed by atoms with van der Waals surface area (Å²) in [7, 11) is 1.67. The minimum atomic E-state index is -0.0863. The summed E-state index contributed by atoms with van der Waals surface area (Å²) in [5, 5.41) is 6.16. The molecule has 0 aromatic heterocycles. The molecule has 0 aliphatic heterocycles. The maximum atomic E-state index is 11.6. The maximum absolute atomic E-state index is 11.6. The third-order valence-corrected chi connectivity index (χ3v) is 3.15. The number of ether oxygens (including phenoxy) is 1. The quantitative estimate of drug-likeness (QED) is 0.568. The highest BCUT2D eigenvalue weighted by atomic mass is 16.5. The van der Waals surface area contributed by atoms with Gasteiger partial charge in [-0.15, -0.1) is 0 Å². The highest BCUT2D eigenvalue weighted by molar-refractivity contribution is 5.81. The zero-order valence-electron chi connectivity index (χ0n) is 11.1. The van der Waals surface area contributed by atoms with Crippen molar-refractivity contribution in [3.8, 4) is 0 Å². The summed E-state index contributed by atoms with van der Waals surface area (Å²) in [4.78, 5) is 11.6. The minimum Gasteiger partial charge on any atom is -0.385 e. The van der Waals surface area contributed by atoms with Crippen molar-refractivity contribution in [2.45, 2.75) is 45.1 Å². The molecule has 0 spiro atoms. The molecule has 1 aliphatic rings. The highest BCUT2D eigenvalue weighted by Crippen LogP contribution is 2.33. The second-order valence-electron chi connectivity index (χ2n) is 4.90. The first-order valence-electron chi connectivity index (χ1n) is 6.74. The fourth-order valence-corrected chi connectivity index (χ4v) is 1.79. The van der Waals surface area contributed by atoms with E-state index in [-0.39, 0.29) is 11.9 Å². The van der Waals surface area contributed by atoms with Gasteiger partial charge < -0.3 is 15.4 Å². The molecule has 0 saturated heterocycles. The Balaban J connectivity index is 1.92. The molecule has 4 nitrogen and oxygen atoms in total. The third-order valence-electron chi connectivity index (χ3n) is 3.15. The van der Waals surface area contributed by atoms with Crippen LogP contribution in [0.15, 0.2) is 0 Å². The summed E-state index contributed by atoms with van der Waals surface area (Å²) in [5.41, 5.74) is 0. The Morgan fingerprint density at radius 2 is 2.12 bits per heavy atom. The summed E-state index contributed by atoms with van der Waals surface area (Å²) < 4.78 is 4.92. The molecule has 0 heterocycles. The van der Waals surface area contributed by atoms with Crippen molar-refractivity contribution >= 4 is 5.91 Å². The average molecular weight is 242 g/mol. The van der Waals surface area contributed by atoms with Gasteiger partial charge in [-0.05, 0) is 38.6 Å². The van der Waals surface area contributed by atoms with E-state index in [1.807, 2.05) is 6.92 Å². The Hall–Kier alpha value is -0.610. The summed E-state index contributed by atoms with van der Waals surface area (Å²) in [6, 6.07) is -0.0863. The first-order chi connectivity index (χ1) is 8.24. The van der Waals surface area contributed by atoms with E-state index in [1.54, 1.807) is 7.11 Å². The van der Waals surface area contributed by atoms with Gasteiger partial charge in [0.15, 0.2) is 0 Å². The standard InChI is InChI=1S/C13H26N2O2/c1-11(13(16)15-9-4-10-17-2)14-8-3-5-12-6-7-12/h11-12,14H,3-10H2,1-2H3,(H,15,16). The Morgan fingerprint density at radius 1 is 1.35 bits per heavy atom. The van der Waals surface area contributed by atoms with Gasteiger partial charge in [0.2, 0.25) is 5.91 Å². The molecule has 1 unspecified atom stereocenters. The molecule has 1 saturated carbocycles. The molecule has 0 bridgehead atoms. The number of carbonyl (C=O) groups is 1. The lowest BCUT2D eigenvalue weighted by Crippen LogP contribution is -2.42. The molecule has 2 N–H and O–H groups in total. The fraction of sp³-hybridized carbons (Fsp3) is 0.923. The van der Waals surface area contributed by atoms with Crippen molar-refractivity contribution in [1.82, 2.24) is 10.6 Å². The number of rotatable bonds is 10. The first kappa shape index (κ1) is 14.5. The number of hydrogen-bond donors (Lipinski definition) is 2. The van der Waals surface area contributed by atoms with Crippen LogP contribution in [0.1, 0.15) is 39.0 Å². The molecule has 4 heteroatoms. The van der Waals surface area contributed by atoms with E-state index in [4.69, 9.17) is 4.74 Å². The van der Waals surface area contributed by atoms with Crippen LogP contribution in [0.4, 0.5) is 0 Å². The van der Waals surface area contributed by atoms with Gasteiger partial charge in [0, 0.05) is 20.3 Å². The SMILES string of the molecule is COCCCNC(=O)C(C)NCCCC1CC1. The Labute approximate surface area is 104 Å². The molecular weight excluding hydrogens is 216 g/mol. The zero-order valence-corrected chi connectivity index (χ0v) is 11.1. The largest absolute Gasteiger partial charge is 0.385 e. The third kappa shape index (κ3) is 7.34. The van der Waals surface area contributed by atoms with Crippen molar-refractivity contribution in [2.75, 3.05) is 26.8 Å². The van der Waals surface area contributed by atoms with E-state index in [0.717, 1.165) is 18.9 Å². The van der Waals surface area contributed by atoms with Crippen LogP contribution in [-0.4, -0.2) is 38.8 Å². The smallest absolute Gasteiger partial charge is 0.236 e. The van der Waals surface area contributed by atoms with Crippen LogP contribution in [0.5, 0.6) is 0 Å². The van der Waals surface area contributed by atoms with Gasteiger partial charge in [0.1, 0.15) is 0 Å². The second kappa shape index (κ2) is 8.48. The summed E-state index contributed by atoms with van der Waals surface area (Å²) >= 11 is 0. The average Bonchev–Trinajstić information content (AvgIpc) is 3.13. The molecule has 1 rings (SSSR count). The van der Waals surface area contributed by atoms with Gasteiger partial charge in [-0.3, -0.25) is 4.79 Å². The van der Waals surface area contributed by atoms with Crippen molar-refractivity contribution < 1.29 is 9.53 Å². The molecule has 0 aromatic carbocycles. The van der Waals surface area contributed by atoms with Gasteiger partial charge in [0.25, 0.3) is 0 Å². The van der Waals surface area contributed by atoms with Crippen LogP contribution in [0.25, 0.3) is 0 Å². The number of amides is 1. The molecule has 100 valence electrons. The fourth-order valence-electron chi connectivity index (χ4n) is 1.79. The molecule has 0 radical (unpaired) electrons. The predicted octanol–water partition coefficient (Wildman–Crippen LogP) is 1.31. The zero-order chi connectivity index (χ0) is 12.5. The minimum absolute atomic E-state index is 0.0863. The van der Waals surface area contributed by atoms with Crippen LogP contribution in [0, 0.1) is 5.92 Å². The number of hydrogen-bond acceptors (Lipinski definition) is 3. The monoisotopic (exact) mass is 242 g/mol. The Morgan fingerprint density at radius 3 is 2.76 bits per heavy atom. The van der Waals surface area contributed by atoms with E-state index in [2.05, 4.69) is 10.6 Å². The van der Waals surface area contributed by atoms with Crippen LogP contribution in [0.3, 0.4) is 0 Å². The molecule has 17 heavy (non-hydrogen) atoms. The molecule has 1 aliphatic carbocycles. The van der Waals surface area contributed by atoms with Gasteiger partial charge in [-0.25, -0.2) is 0 Å². The highest BCUT2D eigenvalue weighted by Gasteiger charge is 2.20. The van der Waals surface area contributed by atoms with Crippen LogP contribution in [0.2, 0.25) is 0 Å². The van der Waals surface area contributed by atoms with Crippen LogP contribution >= 0.6 is 0 Å². The lowest BCUT2D eigenvalue weighted by Gasteiger charge is -2.13. The molecule has 1 fully saturated rings. The Bertz CT molecular complexity index is 217. The van der Waals surface area contributed by atoms with Crippen LogP contribution < -0.4 is 10.6 Å².